The van der Waals surface area contributed by atoms with E-state index in [1.165, 1.54) is 0 Å². The van der Waals surface area contributed by atoms with Crippen molar-refractivity contribution in [1.82, 2.24) is 9.88 Å². The van der Waals surface area contributed by atoms with Gasteiger partial charge in [0.2, 0.25) is 0 Å². The van der Waals surface area contributed by atoms with Crippen molar-refractivity contribution in [1.29, 1.82) is 0 Å². The first-order chi connectivity index (χ1) is 8.36. The van der Waals surface area contributed by atoms with Gasteiger partial charge in [0, 0.05) is 17.2 Å². The van der Waals surface area contributed by atoms with Crippen LogP contribution in [0.2, 0.25) is 0 Å². The zero-order valence-electron chi connectivity index (χ0n) is 10.6. The number of hydrogen-bond donors (Lipinski definition) is 2. The molecule has 0 spiro atoms. The SMILES string of the molecule is CCn1cc(Br)cc1C(=O)N[C@@H](C(=O)O)C(C)C. The molecule has 1 heterocycles. The second kappa shape index (κ2) is 6.04. The van der Waals surface area contributed by atoms with Crippen LogP contribution in [-0.4, -0.2) is 27.6 Å². The fourth-order valence-corrected chi connectivity index (χ4v) is 2.12. The van der Waals surface area contributed by atoms with Gasteiger partial charge in [-0.15, -0.1) is 0 Å². The molecule has 1 atom stereocenters. The first-order valence-corrected chi connectivity index (χ1v) is 6.55. The summed E-state index contributed by atoms with van der Waals surface area (Å²) in [6.07, 6.45) is 1.79. The number of carbonyl (C=O) groups excluding carboxylic acids is 1. The third-order valence-electron chi connectivity index (χ3n) is 2.66. The Balaban J connectivity index is 2.90. The molecule has 5 nitrogen and oxygen atoms in total. The summed E-state index contributed by atoms with van der Waals surface area (Å²) in [6.45, 7) is 6.08. The minimum Gasteiger partial charge on any atom is -0.480 e. The van der Waals surface area contributed by atoms with Crippen LogP contribution >= 0.6 is 15.9 Å². The fraction of sp³-hybridized carbons (Fsp3) is 0.500. The highest BCUT2D eigenvalue weighted by Crippen LogP contribution is 2.15. The Morgan fingerprint density at radius 1 is 1.50 bits per heavy atom. The Morgan fingerprint density at radius 3 is 2.56 bits per heavy atom. The first-order valence-electron chi connectivity index (χ1n) is 5.76. The van der Waals surface area contributed by atoms with E-state index in [2.05, 4.69) is 21.2 Å². The summed E-state index contributed by atoms with van der Waals surface area (Å²) in [5.41, 5.74) is 0.455. The molecule has 0 radical (unpaired) electrons. The molecule has 0 aromatic carbocycles. The Hall–Kier alpha value is -1.30. The third-order valence-corrected chi connectivity index (χ3v) is 3.09. The maximum atomic E-state index is 12.0. The number of hydrogen-bond acceptors (Lipinski definition) is 2. The predicted octanol–water partition coefficient (Wildman–Crippen LogP) is 2.11. The average molecular weight is 317 g/mol. The van der Waals surface area contributed by atoms with Crippen molar-refractivity contribution < 1.29 is 14.7 Å². The van der Waals surface area contributed by atoms with Crippen molar-refractivity contribution in [3.05, 3.63) is 22.4 Å². The van der Waals surface area contributed by atoms with Gasteiger partial charge in [-0.05, 0) is 34.8 Å². The van der Waals surface area contributed by atoms with Gasteiger partial charge in [-0.25, -0.2) is 4.79 Å². The lowest BCUT2D eigenvalue weighted by atomic mass is 10.0. The highest BCUT2D eigenvalue weighted by molar-refractivity contribution is 9.10. The predicted molar refractivity (Wildman–Crippen MR) is 71.5 cm³/mol. The number of amides is 1. The second-order valence-corrected chi connectivity index (χ2v) is 5.28. The monoisotopic (exact) mass is 316 g/mol. The quantitative estimate of drug-likeness (QED) is 0.874. The number of nitrogens with one attached hydrogen (secondary N) is 1. The smallest absolute Gasteiger partial charge is 0.326 e. The van der Waals surface area contributed by atoms with Crippen LogP contribution < -0.4 is 5.32 Å². The number of carboxylic acids is 1. The van der Waals surface area contributed by atoms with Crippen LogP contribution in [0.5, 0.6) is 0 Å². The number of nitrogens with zero attached hydrogens (tertiary/aromatic N) is 1. The topological polar surface area (TPSA) is 71.3 Å². The molecular formula is C12H17BrN2O3. The molecule has 1 aromatic heterocycles. The molecule has 1 amide bonds. The number of halogens is 1. The lowest BCUT2D eigenvalue weighted by Gasteiger charge is -2.18. The number of carboxylic acid groups (broad SMARTS) is 1. The van der Waals surface area contributed by atoms with Crippen LogP contribution in [0.15, 0.2) is 16.7 Å². The third kappa shape index (κ3) is 3.35. The van der Waals surface area contributed by atoms with E-state index in [9.17, 15) is 9.59 Å². The molecule has 18 heavy (non-hydrogen) atoms. The number of aryl methyl sites for hydroxylation is 1. The van der Waals surface area contributed by atoms with Crippen LogP contribution in [0, 0.1) is 5.92 Å². The molecule has 0 bridgehead atoms. The van der Waals surface area contributed by atoms with Crippen molar-refractivity contribution in [2.45, 2.75) is 33.4 Å². The van der Waals surface area contributed by atoms with Crippen molar-refractivity contribution >= 4 is 27.8 Å². The molecule has 1 rings (SSSR count). The van der Waals surface area contributed by atoms with E-state index >= 15 is 0 Å². The van der Waals surface area contributed by atoms with E-state index in [0.29, 0.717) is 12.2 Å². The van der Waals surface area contributed by atoms with Crippen molar-refractivity contribution in [2.24, 2.45) is 5.92 Å². The van der Waals surface area contributed by atoms with Crippen LogP contribution in [0.4, 0.5) is 0 Å². The van der Waals surface area contributed by atoms with Gasteiger partial charge in [0.25, 0.3) is 5.91 Å². The zero-order valence-corrected chi connectivity index (χ0v) is 12.2. The lowest BCUT2D eigenvalue weighted by Crippen LogP contribution is -2.44. The van der Waals surface area contributed by atoms with E-state index < -0.39 is 12.0 Å². The van der Waals surface area contributed by atoms with Crippen molar-refractivity contribution in [2.75, 3.05) is 0 Å². The number of aromatic nitrogens is 1. The standard InChI is InChI=1S/C12H17BrN2O3/c1-4-15-6-8(13)5-9(15)11(16)14-10(7(2)3)12(17)18/h5-7,10H,4H2,1-3H3,(H,14,16)(H,17,18)/t10-/m1/s1. The van der Waals surface area contributed by atoms with E-state index in [1.807, 2.05) is 6.92 Å². The molecule has 0 aliphatic rings. The molecule has 100 valence electrons. The summed E-state index contributed by atoms with van der Waals surface area (Å²) < 4.78 is 2.56. The molecule has 1 aromatic rings. The fourth-order valence-electron chi connectivity index (χ4n) is 1.66. The Labute approximate surface area is 114 Å². The minimum absolute atomic E-state index is 0.167. The maximum absolute atomic E-state index is 12.0. The highest BCUT2D eigenvalue weighted by Gasteiger charge is 2.25. The van der Waals surface area contributed by atoms with E-state index in [1.54, 1.807) is 30.7 Å². The molecule has 0 aliphatic carbocycles. The first kappa shape index (κ1) is 14.8. The summed E-state index contributed by atoms with van der Waals surface area (Å²) in [6, 6.07) is 0.800. The second-order valence-electron chi connectivity index (χ2n) is 4.36. The maximum Gasteiger partial charge on any atom is 0.326 e. The Morgan fingerprint density at radius 2 is 2.11 bits per heavy atom. The van der Waals surface area contributed by atoms with Gasteiger partial charge < -0.3 is 15.0 Å². The summed E-state index contributed by atoms with van der Waals surface area (Å²) >= 11 is 3.30. The molecule has 0 unspecified atom stereocenters. The minimum atomic E-state index is -1.02. The molecular weight excluding hydrogens is 300 g/mol. The lowest BCUT2D eigenvalue weighted by molar-refractivity contribution is -0.140. The molecule has 0 saturated carbocycles. The molecule has 0 saturated heterocycles. The van der Waals surface area contributed by atoms with Gasteiger partial charge in [0.1, 0.15) is 11.7 Å². The summed E-state index contributed by atoms with van der Waals surface area (Å²) in [5.74, 6) is -1.56. The Bertz CT molecular complexity index is 454. The number of aliphatic carboxylic acids is 1. The molecule has 0 fully saturated rings. The van der Waals surface area contributed by atoms with E-state index in [0.717, 1.165) is 4.47 Å². The van der Waals surface area contributed by atoms with Crippen LogP contribution in [-0.2, 0) is 11.3 Å². The van der Waals surface area contributed by atoms with E-state index in [4.69, 9.17) is 5.11 Å². The summed E-state index contributed by atoms with van der Waals surface area (Å²) in [7, 11) is 0. The normalized spacial score (nSPS) is 12.5. The summed E-state index contributed by atoms with van der Waals surface area (Å²) in [4.78, 5) is 23.1. The molecule has 0 aliphatic heterocycles. The van der Waals surface area contributed by atoms with Gasteiger partial charge in [0.15, 0.2) is 0 Å². The summed E-state index contributed by atoms with van der Waals surface area (Å²) in [5, 5.41) is 11.6. The van der Waals surface area contributed by atoms with Gasteiger partial charge in [0.05, 0.1) is 0 Å². The van der Waals surface area contributed by atoms with Gasteiger partial charge in [-0.1, -0.05) is 13.8 Å². The Kier molecular flexibility index (Phi) is 4.95. The van der Waals surface area contributed by atoms with Crippen LogP contribution in [0.1, 0.15) is 31.3 Å². The largest absolute Gasteiger partial charge is 0.480 e. The zero-order chi connectivity index (χ0) is 13.9. The van der Waals surface area contributed by atoms with Crippen LogP contribution in [0.25, 0.3) is 0 Å². The molecule has 2 N–H and O–H groups in total. The molecule has 6 heteroatoms. The number of rotatable bonds is 5. The average Bonchev–Trinajstić information content (AvgIpc) is 2.66. The van der Waals surface area contributed by atoms with Crippen molar-refractivity contribution in [3.8, 4) is 0 Å². The van der Waals surface area contributed by atoms with Crippen molar-refractivity contribution in [3.63, 3.8) is 0 Å². The van der Waals surface area contributed by atoms with Crippen LogP contribution in [0.3, 0.4) is 0 Å². The van der Waals surface area contributed by atoms with Gasteiger partial charge in [-0.2, -0.15) is 0 Å². The van der Waals surface area contributed by atoms with Gasteiger partial charge >= 0.3 is 5.97 Å². The highest BCUT2D eigenvalue weighted by atomic mass is 79.9. The van der Waals surface area contributed by atoms with E-state index in [-0.39, 0.29) is 11.8 Å². The van der Waals surface area contributed by atoms with Gasteiger partial charge in [-0.3, -0.25) is 4.79 Å². The number of carbonyl (C=O) groups is 2.